The number of nitrogen functional groups attached to an aromatic ring is 1. The van der Waals surface area contributed by atoms with E-state index in [1.807, 2.05) is 43.9 Å². The van der Waals surface area contributed by atoms with Crippen LogP contribution in [0.15, 0.2) is 18.2 Å². The van der Waals surface area contributed by atoms with Crippen molar-refractivity contribution in [3.05, 3.63) is 23.8 Å². The lowest BCUT2D eigenvalue weighted by molar-refractivity contribution is -0.129. The molecule has 2 amide bonds. The zero-order chi connectivity index (χ0) is 19.5. The Hall–Kier alpha value is -2.44. The van der Waals surface area contributed by atoms with E-state index in [0.717, 1.165) is 24.3 Å². The Kier molecular flexibility index (Phi) is 6.00. The van der Waals surface area contributed by atoms with Crippen LogP contribution in [0.3, 0.4) is 0 Å². The molecular formula is C19H30N4O3. The van der Waals surface area contributed by atoms with Crippen LogP contribution in [-0.4, -0.2) is 60.6 Å². The number of carbonyl (C=O) groups excluding carboxylic acids is 2. The van der Waals surface area contributed by atoms with Gasteiger partial charge in [-0.15, -0.1) is 0 Å². The summed E-state index contributed by atoms with van der Waals surface area (Å²) in [4.78, 5) is 29.4. The smallest absolute Gasteiger partial charge is 0.410 e. The van der Waals surface area contributed by atoms with Gasteiger partial charge in [0.05, 0.1) is 6.54 Å². The van der Waals surface area contributed by atoms with Gasteiger partial charge in [0.2, 0.25) is 5.91 Å². The second kappa shape index (κ2) is 7.85. The third kappa shape index (κ3) is 5.28. The lowest BCUT2D eigenvalue weighted by Crippen LogP contribution is -2.48. The second-order valence-electron chi connectivity index (χ2n) is 7.72. The minimum atomic E-state index is -0.535. The first kappa shape index (κ1) is 19.9. The van der Waals surface area contributed by atoms with Crippen molar-refractivity contribution in [1.82, 2.24) is 9.80 Å². The number of rotatable bonds is 3. The monoisotopic (exact) mass is 362 g/mol. The van der Waals surface area contributed by atoms with Gasteiger partial charge in [-0.1, -0.05) is 0 Å². The van der Waals surface area contributed by atoms with Gasteiger partial charge in [0, 0.05) is 51.5 Å². The molecule has 1 aromatic carbocycles. The molecule has 0 aliphatic carbocycles. The molecule has 0 bridgehead atoms. The molecule has 1 aliphatic heterocycles. The van der Waals surface area contributed by atoms with Crippen LogP contribution in [0.4, 0.5) is 16.2 Å². The summed E-state index contributed by atoms with van der Waals surface area (Å²) in [5, 5.41) is 0. The van der Waals surface area contributed by atoms with Gasteiger partial charge in [-0.2, -0.15) is 0 Å². The van der Waals surface area contributed by atoms with E-state index in [-0.39, 0.29) is 12.0 Å². The first-order valence-corrected chi connectivity index (χ1v) is 8.90. The van der Waals surface area contributed by atoms with Crippen molar-refractivity contribution in [2.24, 2.45) is 0 Å². The SMILES string of the molecule is CC(=O)N1CCN(c2ccc(N)cc2CN(C)C(=O)OC(C)(C)C)CC1. The number of hydrogen-bond acceptors (Lipinski definition) is 5. The maximum absolute atomic E-state index is 12.3. The van der Waals surface area contributed by atoms with E-state index >= 15 is 0 Å². The van der Waals surface area contributed by atoms with Crippen molar-refractivity contribution < 1.29 is 14.3 Å². The normalized spacial score (nSPS) is 15.0. The van der Waals surface area contributed by atoms with Gasteiger partial charge < -0.3 is 25.2 Å². The molecule has 0 unspecified atom stereocenters. The van der Waals surface area contributed by atoms with Gasteiger partial charge in [0.15, 0.2) is 0 Å². The fraction of sp³-hybridized carbons (Fsp3) is 0.579. The highest BCUT2D eigenvalue weighted by Gasteiger charge is 2.23. The third-order valence-corrected chi connectivity index (χ3v) is 4.28. The number of carbonyl (C=O) groups is 2. The molecule has 1 aromatic rings. The summed E-state index contributed by atoms with van der Waals surface area (Å²) in [6.45, 7) is 10.4. The number of amides is 2. The van der Waals surface area contributed by atoms with Crippen molar-refractivity contribution >= 4 is 23.4 Å². The highest BCUT2D eigenvalue weighted by atomic mass is 16.6. The van der Waals surface area contributed by atoms with E-state index in [4.69, 9.17) is 10.5 Å². The molecule has 0 aromatic heterocycles. The molecule has 7 heteroatoms. The molecule has 1 aliphatic rings. The fourth-order valence-corrected chi connectivity index (χ4v) is 2.96. The Morgan fingerprint density at radius 2 is 1.81 bits per heavy atom. The summed E-state index contributed by atoms with van der Waals surface area (Å²) >= 11 is 0. The first-order chi connectivity index (χ1) is 12.1. The molecule has 26 heavy (non-hydrogen) atoms. The average Bonchev–Trinajstić information content (AvgIpc) is 2.53. The van der Waals surface area contributed by atoms with Crippen LogP contribution in [0.25, 0.3) is 0 Å². The van der Waals surface area contributed by atoms with E-state index < -0.39 is 5.60 Å². The van der Waals surface area contributed by atoms with Crippen LogP contribution < -0.4 is 10.6 Å². The van der Waals surface area contributed by atoms with E-state index in [1.54, 1.807) is 18.9 Å². The summed E-state index contributed by atoms with van der Waals surface area (Å²) in [6.07, 6.45) is -0.368. The number of hydrogen-bond donors (Lipinski definition) is 1. The fourth-order valence-electron chi connectivity index (χ4n) is 2.96. The summed E-state index contributed by atoms with van der Waals surface area (Å²) in [5.41, 5.74) is 8.09. The summed E-state index contributed by atoms with van der Waals surface area (Å²) in [5.74, 6) is 0.104. The second-order valence-corrected chi connectivity index (χ2v) is 7.72. The quantitative estimate of drug-likeness (QED) is 0.835. The Balaban J connectivity index is 2.13. The van der Waals surface area contributed by atoms with Gasteiger partial charge in [-0.25, -0.2) is 4.79 Å². The van der Waals surface area contributed by atoms with Crippen LogP contribution in [-0.2, 0) is 16.1 Å². The van der Waals surface area contributed by atoms with Crippen molar-refractivity contribution in [3.63, 3.8) is 0 Å². The number of nitrogens with zero attached hydrogens (tertiary/aromatic N) is 3. The molecule has 2 N–H and O–H groups in total. The number of benzene rings is 1. The topological polar surface area (TPSA) is 79.1 Å². The number of anilines is 2. The van der Waals surface area contributed by atoms with Crippen molar-refractivity contribution in [2.75, 3.05) is 43.9 Å². The minimum absolute atomic E-state index is 0.104. The first-order valence-electron chi connectivity index (χ1n) is 8.90. The maximum Gasteiger partial charge on any atom is 0.410 e. The molecule has 144 valence electrons. The predicted molar refractivity (Wildman–Crippen MR) is 103 cm³/mol. The van der Waals surface area contributed by atoms with Crippen molar-refractivity contribution in [1.29, 1.82) is 0 Å². The van der Waals surface area contributed by atoms with Crippen molar-refractivity contribution in [2.45, 2.75) is 39.8 Å². The third-order valence-electron chi connectivity index (χ3n) is 4.28. The van der Waals surface area contributed by atoms with Gasteiger partial charge in [-0.05, 0) is 44.5 Å². The molecule has 2 rings (SSSR count). The Morgan fingerprint density at radius 1 is 1.19 bits per heavy atom. The van der Waals surface area contributed by atoms with E-state index in [2.05, 4.69) is 4.90 Å². The summed E-state index contributed by atoms with van der Waals surface area (Å²) in [6, 6.07) is 5.74. The maximum atomic E-state index is 12.3. The van der Waals surface area contributed by atoms with E-state index in [9.17, 15) is 9.59 Å². The minimum Gasteiger partial charge on any atom is -0.444 e. The van der Waals surface area contributed by atoms with Gasteiger partial charge >= 0.3 is 6.09 Å². The molecule has 7 nitrogen and oxygen atoms in total. The molecule has 1 saturated heterocycles. The van der Waals surface area contributed by atoms with Crippen LogP contribution in [0.5, 0.6) is 0 Å². The number of piperazine rings is 1. The summed E-state index contributed by atoms with van der Waals surface area (Å²) in [7, 11) is 1.72. The van der Waals surface area contributed by atoms with Crippen molar-refractivity contribution in [3.8, 4) is 0 Å². The highest BCUT2D eigenvalue weighted by Crippen LogP contribution is 2.26. The number of ether oxygens (including phenoxy) is 1. The lowest BCUT2D eigenvalue weighted by atomic mass is 10.1. The molecular weight excluding hydrogens is 332 g/mol. The van der Waals surface area contributed by atoms with Crippen LogP contribution >= 0.6 is 0 Å². The highest BCUT2D eigenvalue weighted by molar-refractivity contribution is 5.74. The van der Waals surface area contributed by atoms with Gasteiger partial charge in [0.1, 0.15) is 5.60 Å². The molecule has 0 radical (unpaired) electrons. The molecule has 1 fully saturated rings. The Labute approximate surface area is 155 Å². The van der Waals surface area contributed by atoms with E-state index in [0.29, 0.717) is 25.3 Å². The Bertz CT molecular complexity index is 661. The Morgan fingerprint density at radius 3 is 2.35 bits per heavy atom. The largest absolute Gasteiger partial charge is 0.444 e. The van der Waals surface area contributed by atoms with E-state index in [1.165, 1.54) is 0 Å². The van der Waals surface area contributed by atoms with Gasteiger partial charge in [-0.3, -0.25) is 4.79 Å². The zero-order valence-electron chi connectivity index (χ0n) is 16.4. The zero-order valence-corrected chi connectivity index (χ0v) is 16.4. The van der Waals surface area contributed by atoms with Crippen LogP contribution in [0, 0.1) is 0 Å². The van der Waals surface area contributed by atoms with Crippen LogP contribution in [0.2, 0.25) is 0 Å². The molecule has 0 spiro atoms. The average molecular weight is 362 g/mol. The number of nitrogens with two attached hydrogens (primary N) is 1. The molecule has 0 saturated carbocycles. The van der Waals surface area contributed by atoms with Crippen LogP contribution in [0.1, 0.15) is 33.3 Å². The predicted octanol–water partition coefficient (Wildman–Crippen LogP) is 2.30. The molecule has 1 heterocycles. The van der Waals surface area contributed by atoms with Gasteiger partial charge in [0.25, 0.3) is 0 Å². The standard InChI is InChI=1S/C19H30N4O3/c1-14(24)22-8-10-23(11-9-22)17-7-6-16(20)12-15(17)13-21(5)18(25)26-19(2,3)4/h6-7,12H,8-11,13,20H2,1-5H3. The molecule has 0 atom stereocenters. The summed E-state index contributed by atoms with van der Waals surface area (Å²) < 4.78 is 5.43. The lowest BCUT2D eigenvalue weighted by Gasteiger charge is -2.37.